The number of rotatable bonds is 9. The number of ether oxygens (including phenoxy) is 1. The summed E-state index contributed by atoms with van der Waals surface area (Å²) in [5.74, 6) is 0.565. The maximum atomic E-state index is 11.5. The zero-order valence-electron chi connectivity index (χ0n) is 22.2. The zero-order valence-corrected chi connectivity index (χ0v) is 24.5. The molecule has 2 saturated carbocycles. The van der Waals surface area contributed by atoms with Crippen molar-refractivity contribution in [1.82, 2.24) is 9.78 Å². The zero-order chi connectivity index (χ0) is 28.1. The lowest BCUT2D eigenvalue weighted by Crippen LogP contribution is -2.31. The number of carbonyl (C=O) groups is 1. The van der Waals surface area contributed by atoms with E-state index in [1.807, 2.05) is 42.8 Å². The minimum atomic E-state index is -1.00. The van der Waals surface area contributed by atoms with Gasteiger partial charge in [0.2, 0.25) is 0 Å². The summed E-state index contributed by atoms with van der Waals surface area (Å²) in [6, 6.07) is 13.1. The van der Waals surface area contributed by atoms with E-state index < -0.39 is 5.97 Å². The van der Waals surface area contributed by atoms with Gasteiger partial charge in [-0.25, -0.2) is 4.79 Å². The van der Waals surface area contributed by atoms with E-state index in [1.165, 1.54) is 0 Å². The fourth-order valence-corrected chi connectivity index (χ4v) is 6.78. The van der Waals surface area contributed by atoms with Crippen LogP contribution < -0.4 is 4.74 Å². The molecule has 2 aliphatic carbocycles. The summed E-state index contributed by atoms with van der Waals surface area (Å²) in [4.78, 5) is 17.3. The van der Waals surface area contributed by atoms with Gasteiger partial charge < -0.3 is 14.7 Å². The van der Waals surface area contributed by atoms with Crippen LogP contribution in [0.1, 0.15) is 84.7 Å². The summed E-state index contributed by atoms with van der Waals surface area (Å²) in [6.07, 6.45) is 3.93. The number of carboxylic acids is 1. The van der Waals surface area contributed by atoms with Crippen molar-refractivity contribution >= 4 is 46.5 Å². The molecule has 2 heterocycles. The predicted molar refractivity (Wildman–Crippen MR) is 155 cm³/mol. The second-order valence-electron chi connectivity index (χ2n) is 11.2. The quantitative estimate of drug-likeness (QED) is 0.268. The topological polar surface area (TPSA) is 85.9 Å². The largest absolute Gasteiger partial charge is 0.493 e. The summed E-state index contributed by atoms with van der Waals surface area (Å²) in [5, 5.41) is 19.8. The molecular formula is C30H30Cl3N3O4. The molecule has 0 saturated heterocycles. The Morgan fingerprint density at radius 3 is 2.42 bits per heavy atom. The second kappa shape index (κ2) is 10.9. The van der Waals surface area contributed by atoms with Gasteiger partial charge in [-0.05, 0) is 87.3 Å². The molecule has 210 valence electrons. The average molecular weight is 603 g/mol. The van der Waals surface area contributed by atoms with E-state index in [0.29, 0.717) is 44.8 Å². The molecule has 0 spiro atoms. The first-order valence-corrected chi connectivity index (χ1v) is 14.8. The van der Waals surface area contributed by atoms with Gasteiger partial charge in [0.25, 0.3) is 0 Å². The first-order valence-electron chi connectivity index (χ1n) is 13.6. The Labute approximate surface area is 248 Å². The first kappa shape index (κ1) is 27.4. The van der Waals surface area contributed by atoms with Crippen LogP contribution in [0.2, 0.25) is 15.1 Å². The van der Waals surface area contributed by atoms with E-state index >= 15 is 0 Å². The van der Waals surface area contributed by atoms with Gasteiger partial charge in [-0.1, -0.05) is 52.1 Å². The predicted octanol–water partition coefficient (Wildman–Crippen LogP) is 7.99. The minimum absolute atomic E-state index is 0.0649. The monoisotopic (exact) mass is 601 g/mol. The van der Waals surface area contributed by atoms with E-state index in [0.717, 1.165) is 42.7 Å². The molecule has 0 amide bonds. The number of carboxylic acid groups (broad SMARTS) is 1. The molecule has 1 N–H and O–H groups in total. The van der Waals surface area contributed by atoms with Gasteiger partial charge >= 0.3 is 5.97 Å². The third-order valence-electron chi connectivity index (χ3n) is 8.20. The van der Waals surface area contributed by atoms with Gasteiger partial charge in [-0.3, -0.25) is 4.68 Å². The lowest BCUT2D eigenvalue weighted by atomic mass is 9.70. The Morgan fingerprint density at radius 2 is 1.80 bits per heavy atom. The van der Waals surface area contributed by atoms with Crippen molar-refractivity contribution in [2.24, 2.45) is 17.0 Å². The van der Waals surface area contributed by atoms with Crippen molar-refractivity contribution in [2.75, 3.05) is 6.61 Å². The smallest absolute Gasteiger partial charge is 0.356 e. The third kappa shape index (κ3) is 5.19. The summed E-state index contributed by atoms with van der Waals surface area (Å²) in [6.45, 7) is 4.39. The molecule has 40 heavy (non-hydrogen) atoms. The molecular weight excluding hydrogens is 573 g/mol. The SMILES string of the molecule is CC(C)n1nc(C(=O)O)cc1[C@H]1C[C@@H](c2ccc(OCC3C(c4c(Cl)cccc4Cl)=NOC3C3CC3)cc2Cl)C1. The molecule has 3 aromatic rings. The Hall–Kier alpha value is -2.74. The minimum Gasteiger partial charge on any atom is -0.493 e. The van der Waals surface area contributed by atoms with Gasteiger partial charge in [-0.15, -0.1) is 0 Å². The van der Waals surface area contributed by atoms with E-state index in [9.17, 15) is 9.90 Å². The van der Waals surface area contributed by atoms with Crippen LogP contribution in [0.4, 0.5) is 0 Å². The lowest BCUT2D eigenvalue weighted by molar-refractivity contribution is 0.0340. The molecule has 2 aromatic carbocycles. The fraction of sp³-hybridized carbons (Fsp3) is 0.433. The molecule has 0 bridgehead atoms. The Kier molecular flexibility index (Phi) is 7.49. The number of hydrogen-bond acceptors (Lipinski definition) is 5. The van der Waals surface area contributed by atoms with Crippen LogP contribution in [-0.2, 0) is 4.84 Å². The summed E-state index contributed by atoms with van der Waals surface area (Å²) < 4.78 is 8.09. The maximum absolute atomic E-state index is 11.5. The van der Waals surface area contributed by atoms with Crippen molar-refractivity contribution in [3.63, 3.8) is 0 Å². The Balaban J connectivity index is 1.13. The van der Waals surface area contributed by atoms with Gasteiger partial charge in [0.1, 0.15) is 24.2 Å². The van der Waals surface area contributed by atoms with E-state index in [4.69, 9.17) is 44.4 Å². The highest BCUT2D eigenvalue weighted by atomic mass is 35.5. The Bertz CT molecular complexity index is 1460. The van der Waals surface area contributed by atoms with Crippen LogP contribution >= 0.6 is 34.8 Å². The summed E-state index contributed by atoms with van der Waals surface area (Å²) in [5.41, 5.74) is 3.56. The van der Waals surface area contributed by atoms with Crippen LogP contribution in [0.3, 0.4) is 0 Å². The maximum Gasteiger partial charge on any atom is 0.356 e. The molecule has 7 nitrogen and oxygen atoms in total. The second-order valence-corrected chi connectivity index (χ2v) is 12.5. The Morgan fingerprint density at radius 1 is 1.07 bits per heavy atom. The van der Waals surface area contributed by atoms with Crippen molar-refractivity contribution < 1.29 is 19.5 Å². The summed E-state index contributed by atoms with van der Waals surface area (Å²) in [7, 11) is 0. The van der Waals surface area contributed by atoms with Crippen molar-refractivity contribution in [3.8, 4) is 5.75 Å². The van der Waals surface area contributed by atoms with Crippen molar-refractivity contribution in [2.45, 2.75) is 63.5 Å². The average Bonchev–Trinajstić information content (AvgIpc) is 3.48. The highest BCUT2D eigenvalue weighted by molar-refractivity contribution is 6.40. The molecule has 6 rings (SSSR count). The highest BCUT2D eigenvalue weighted by Crippen LogP contribution is 2.50. The standard InChI is InChI=1S/C30H30Cl3N3O4/c1-15(2)36-26(13-25(34-36)30(37)38)18-10-17(11-18)20-9-8-19(12-24(20)33)39-14-21-28(35-40-29(21)16-6-7-16)27-22(31)4-3-5-23(27)32/h3-5,8-9,12-13,15-18,21,29H,6-7,10-11,14H2,1-2H3,(H,37,38)/t17-,18+,21?,29?. The molecule has 2 atom stereocenters. The van der Waals surface area contributed by atoms with Crippen LogP contribution in [0.15, 0.2) is 47.6 Å². The van der Waals surface area contributed by atoms with Crippen molar-refractivity contribution in [3.05, 3.63) is 80.0 Å². The van der Waals surface area contributed by atoms with Crippen molar-refractivity contribution in [1.29, 1.82) is 0 Å². The number of aromatic nitrogens is 2. The summed E-state index contributed by atoms with van der Waals surface area (Å²) >= 11 is 19.8. The van der Waals surface area contributed by atoms with Gasteiger partial charge in [0, 0.05) is 28.2 Å². The molecule has 0 radical (unpaired) electrons. The van der Waals surface area contributed by atoms with E-state index in [-0.39, 0.29) is 29.7 Å². The molecule has 10 heteroatoms. The highest BCUT2D eigenvalue weighted by Gasteiger charge is 2.46. The fourth-order valence-electron chi connectivity index (χ4n) is 5.86. The van der Waals surface area contributed by atoms with Crippen LogP contribution in [0.25, 0.3) is 0 Å². The molecule has 3 aliphatic rings. The molecule has 1 aromatic heterocycles. The molecule has 1 aliphatic heterocycles. The number of oxime groups is 1. The number of aromatic carboxylic acids is 1. The third-order valence-corrected chi connectivity index (χ3v) is 9.15. The molecule has 2 unspecified atom stereocenters. The van der Waals surface area contributed by atoms with Crippen LogP contribution in [-0.4, -0.2) is 39.3 Å². The normalized spacial score (nSPS) is 24.0. The first-order chi connectivity index (χ1) is 19.2. The van der Waals surface area contributed by atoms with E-state index in [1.54, 1.807) is 18.2 Å². The van der Waals surface area contributed by atoms with Crippen LogP contribution in [0, 0.1) is 11.8 Å². The lowest BCUT2D eigenvalue weighted by Gasteiger charge is -2.37. The van der Waals surface area contributed by atoms with E-state index in [2.05, 4.69) is 10.3 Å². The van der Waals surface area contributed by atoms with Gasteiger partial charge in [0.05, 0.1) is 16.0 Å². The van der Waals surface area contributed by atoms with Gasteiger partial charge in [0.15, 0.2) is 5.69 Å². The number of benzene rings is 2. The number of halogens is 3. The number of nitrogens with zero attached hydrogens (tertiary/aromatic N) is 3. The number of hydrogen-bond donors (Lipinski definition) is 1. The van der Waals surface area contributed by atoms with Gasteiger partial charge in [-0.2, -0.15) is 5.10 Å². The van der Waals surface area contributed by atoms with Crippen LogP contribution in [0.5, 0.6) is 5.75 Å². The molecule has 2 fully saturated rings.